The lowest BCUT2D eigenvalue weighted by Crippen LogP contribution is -1.92. The Morgan fingerprint density at radius 1 is 0.714 bits per heavy atom. The third-order valence-electron chi connectivity index (χ3n) is 3.24. The van der Waals surface area contributed by atoms with Crippen molar-refractivity contribution in [2.45, 2.75) is 65.2 Å². The Hall–Kier alpha value is -0.520. The van der Waals surface area contributed by atoms with Gasteiger partial charge in [-0.05, 0) is 65.2 Å². The van der Waals surface area contributed by atoms with Crippen molar-refractivity contribution in [3.05, 3.63) is 23.3 Å². The first-order chi connectivity index (χ1) is 6.80. The maximum Gasteiger partial charge on any atom is -0.0320 e. The van der Waals surface area contributed by atoms with E-state index in [1.54, 1.807) is 11.1 Å². The summed E-state index contributed by atoms with van der Waals surface area (Å²) in [6.07, 6.45) is 15.5. The van der Waals surface area contributed by atoms with Gasteiger partial charge in [-0.15, -0.1) is 0 Å². The molecule has 2 aliphatic rings. The van der Waals surface area contributed by atoms with Crippen molar-refractivity contribution < 1.29 is 0 Å². The van der Waals surface area contributed by atoms with Crippen molar-refractivity contribution in [3.63, 3.8) is 0 Å². The van der Waals surface area contributed by atoms with E-state index in [-0.39, 0.29) is 0 Å². The van der Waals surface area contributed by atoms with Crippen LogP contribution < -0.4 is 0 Å². The van der Waals surface area contributed by atoms with Crippen LogP contribution in [0.4, 0.5) is 0 Å². The van der Waals surface area contributed by atoms with Crippen molar-refractivity contribution in [2.75, 3.05) is 0 Å². The van der Waals surface area contributed by atoms with Crippen molar-refractivity contribution in [2.24, 2.45) is 0 Å². The van der Waals surface area contributed by atoms with Crippen LogP contribution in [0.1, 0.15) is 65.2 Å². The van der Waals surface area contributed by atoms with Gasteiger partial charge in [0.25, 0.3) is 0 Å². The number of rotatable bonds is 0. The van der Waals surface area contributed by atoms with E-state index in [9.17, 15) is 0 Å². The first-order valence-corrected chi connectivity index (χ1v) is 6.11. The molecule has 0 fully saturated rings. The summed E-state index contributed by atoms with van der Waals surface area (Å²) in [4.78, 5) is 0. The van der Waals surface area contributed by atoms with E-state index in [4.69, 9.17) is 0 Å². The van der Waals surface area contributed by atoms with E-state index in [2.05, 4.69) is 26.0 Å². The van der Waals surface area contributed by atoms with E-state index < -0.39 is 0 Å². The van der Waals surface area contributed by atoms with Gasteiger partial charge in [0.05, 0.1) is 0 Å². The molecule has 0 saturated heterocycles. The molecular weight excluding hydrogens is 168 g/mol. The molecule has 0 spiro atoms. The second kappa shape index (κ2) is 6.86. The minimum Gasteiger partial charge on any atom is -0.0885 e. The Balaban J connectivity index is 0.000000146. The molecule has 0 heteroatoms. The molecule has 2 aliphatic carbocycles. The van der Waals surface area contributed by atoms with E-state index in [0.717, 1.165) is 0 Å². The standard InChI is InChI=1S/C8H14.C6H10/c1-7-5-3-4-6-8(7)2;1-2-4-6-5-3-1/h3-6H2,1-2H3;1-2H,3-6H2. The fraction of sp³-hybridized carbons (Fsp3) is 0.714. The number of hydrogen-bond acceptors (Lipinski definition) is 0. The monoisotopic (exact) mass is 192 g/mol. The summed E-state index contributed by atoms with van der Waals surface area (Å²) < 4.78 is 0. The molecule has 0 aromatic rings. The largest absolute Gasteiger partial charge is 0.0885 e. The van der Waals surface area contributed by atoms with Crippen molar-refractivity contribution in [3.8, 4) is 0 Å². The summed E-state index contributed by atoms with van der Waals surface area (Å²) in [6.45, 7) is 4.52. The normalized spacial score (nSPS) is 21.6. The van der Waals surface area contributed by atoms with Crippen LogP contribution in [0.15, 0.2) is 23.3 Å². The van der Waals surface area contributed by atoms with Gasteiger partial charge in [0.15, 0.2) is 0 Å². The van der Waals surface area contributed by atoms with Gasteiger partial charge in [-0.1, -0.05) is 23.3 Å². The van der Waals surface area contributed by atoms with Crippen LogP contribution in [-0.2, 0) is 0 Å². The maximum atomic E-state index is 2.27. The molecule has 14 heavy (non-hydrogen) atoms. The van der Waals surface area contributed by atoms with Gasteiger partial charge >= 0.3 is 0 Å². The van der Waals surface area contributed by atoms with Crippen LogP contribution in [0, 0.1) is 0 Å². The highest BCUT2D eigenvalue weighted by atomic mass is 14.1. The quantitative estimate of drug-likeness (QED) is 0.473. The fourth-order valence-corrected chi connectivity index (χ4v) is 1.97. The van der Waals surface area contributed by atoms with Gasteiger partial charge in [-0.25, -0.2) is 0 Å². The van der Waals surface area contributed by atoms with Crippen LogP contribution in [0.3, 0.4) is 0 Å². The lowest BCUT2D eigenvalue weighted by molar-refractivity contribution is 0.672. The van der Waals surface area contributed by atoms with Gasteiger partial charge < -0.3 is 0 Å². The Bertz CT molecular complexity index is 186. The molecule has 2 rings (SSSR count). The molecule has 0 aromatic heterocycles. The molecule has 0 bridgehead atoms. The smallest absolute Gasteiger partial charge is 0.0320 e. The predicted octanol–water partition coefficient (Wildman–Crippen LogP) is 5.01. The lowest BCUT2D eigenvalue weighted by Gasteiger charge is -2.12. The Labute approximate surface area is 89.1 Å². The molecule has 0 saturated carbocycles. The average molecular weight is 192 g/mol. The molecule has 0 aliphatic heterocycles. The van der Waals surface area contributed by atoms with Crippen LogP contribution in [0.5, 0.6) is 0 Å². The van der Waals surface area contributed by atoms with E-state index in [1.807, 2.05) is 0 Å². The summed E-state index contributed by atoms with van der Waals surface area (Å²) in [7, 11) is 0. The van der Waals surface area contributed by atoms with Crippen LogP contribution in [-0.4, -0.2) is 0 Å². The van der Waals surface area contributed by atoms with Gasteiger partial charge in [-0.3, -0.25) is 0 Å². The Kier molecular flexibility index (Phi) is 5.66. The molecule has 0 aromatic carbocycles. The first-order valence-electron chi connectivity index (χ1n) is 6.11. The van der Waals surface area contributed by atoms with Gasteiger partial charge in [0, 0.05) is 0 Å². The van der Waals surface area contributed by atoms with Gasteiger partial charge in [0.2, 0.25) is 0 Å². The Morgan fingerprint density at radius 3 is 1.36 bits per heavy atom. The van der Waals surface area contributed by atoms with Crippen LogP contribution in [0.2, 0.25) is 0 Å². The number of hydrogen-bond donors (Lipinski definition) is 0. The summed E-state index contributed by atoms with van der Waals surface area (Å²) in [5.74, 6) is 0. The van der Waals surface area contributed by atoms with Gasteiger partial charge in [-0.2, -0.15) is 0 Å². The molecule has 0 heterocycles. The highest BCUT2D eigenvalue weighted by Gasteiger charge is 2.02. The fourth-order valence-electron chi connectivity index (χ4n) is 1.97. The second-order valence-electron chi connectivity index (χ2n) is 4.52. The SMILES string of the molecule is C1=CCCCC1.CC1=C(C)CCCC1. The van der Waals surface area contributed by atoms with Crippen LogP contribution >= 0.6 is 0 Å². The van der Waals surface area contributed by atoms with Crippen molar-refractivity contribution in [1.82, 2.24) is 0 Å². The van der Waals surface area contributed by atoms with Crippen molar-refractivity contribution in [1.29, 1.82) is 0 Å². The first kappa shape index (κ1) is 11.6. The van der Waals surface area contributed by atoms with Crippen LogP contribution in [0.25, 0.3) is 0 Å². The van der Waals surface area contributed by atoms with Gasteiger partial charge in [0.1, 0.15) is 0 Å². The molecule has 80 valence electrons. The van der Waals surface area contributed by atoms with E-state index in [1.165, 1.54) is 51.4 Å². The zero-order chi connectivity index (χ0) is 10.2. The number of allylic oxidation sites excluding steroid dienone is 4. The molecule has 0 amide bonds. The average Bonchev–Trinajstić information content (AvgIpc) is 2.26. The topological polar surface area (TPSA) is 0 Å². The summed E-state index contributed by atoms with van der Waals surface area (Å²) >= 11 is 0. The molecule has 0 atom stereocenters. The predicted molar refractivity (Wildman–Crippen MR) is 64.5 cm³/mol. The molecule has 0 nitrogen and oxygen atoms in total. The zero-order valence-corrected chi connectivity index (χ0v) is 9.81. The third-order valence-corrected chi connectivity index (χ3v) is 3.24. The minimum absolute atomic E-state index is 1.32. The minimum atomic E-state index is 1.32. The van der Waals surface area contributed by atoms with E-state index >= 15 is 0 Å². The lowest BCUT2D eigenvalue weighted by atomic mass is 9.94. The Morgan fingerprint density at radius 2 is 1.14 bits per heavy atom. The zero-order valence-electron chi connectivity index (χ0n) is 9.81. The summed E-state index contributed by atoms with van der Waals surface area (Å²) in [6, 6.07) is 0. The highest BCUT2D eigenvalue weighted by molar-refractivity contribution is 5.11. The molecule has 0 unspecified atom stereocenters. The van der Waals surface area contributed by atoms with Crippen molar-refractivity contribution >= 4 is 0 Å². The molecule has 0 radical (unpaired) electrons. The second-order valence-corrected chi connectivity index (χ2v) is 4.52. The third kappa shape index (κ3) is 4.64. The van der Waals surface area contributed by atoms with E-state index in [0.29, 0.717) is 0 Å². The molecular formula is C14H24. The molecule has 0 N–H and O–H groups in total. The summed E-state index contributed by atoms with van der Waals surface area (Å²) in [5.41, 5.74) is 3.27. The summed E-state index contributed by atoms with van der Waals surface area (Å²) in [5, 5.41) is 0. The maximum absolute atomic E-state index is 2.27. The highest BCUT2D eigenvalue weighted by Crippen LogP contribution is 2.22.